The van der Waals surface area contributed by atoms with E-state index >= 15 is 0 Å². The lowest BCUT2D eigenvalue weighted by Crippen LogP contribution is -2.37. The van der Waals surface area contributed by atoms with Crippen molar-refractivity contribution >= 4 is 0 Å². The van der Waals surface area contributed by atoms with Crippen molar-refractivity contribution in [2.75, 3.05) is 34.3 Å². The summed E-state index contributed by atoms with van der Waals surface area (Å²) < 4.78 is 5.45. The SMILES string of the molecule is COc1ccc(C)cc1CN1CC(O)CC1CN(C)C. The van der Waals surface area contributed by atoms with Crippen molar-refractivity contribution in [3.05, 3.63) is 29.3 Å². The molecule has 4 nitrogen and oxygen atoms in total. The monoisotopic (exact) mass is 278 g/mol. The van der Waals surface area contributed by atoms with Crippen LogP contribution in [0.4, 0.5) is 0 Å². The molecule has 2 unspecified atom stereocenters. The molecule has 0 aromatic heterocycles. The van der Waals surface area contributed by atoms with Gasteiger partial charge in [0.25, 0.3) is 0 Å². The van der Waals surface area contributed by atoms with Crippen LogP contribution in [0.3, 0.4) is 0 Å². The first-order valence-electron chi connectivity index (χ1n) is 7.20. The Bertz CT molecular complexity index is 448. The molecule has 1 saturated heterocycles. The van der Waals surface area contributed by atoms with Gasteiger partial charge >= 0.3 is 0 Å². The third-order valence-electron chi connectivity index (χ3n) is 3.89. The average molecular weight is 278 g/mol. The van der Waals surface area contributed by atoms with Gasteiger partial charge in [0.1, 0.15) is 5.75 Å². The number of methoxy groups -OCH3 is 1. The van der Waals surface area contributed by atoms with E-state index in [0.717, 1.165) is 31.8 Å². The van der Waals surface area contributed by atoms with Crippen LogP contribution < -0.4 is 4.74 Å². The van der Waals surface area contributed by atoms with Crippen molar-refractivity contribution < 1.29 is 9.84 Å². The van der Waals surface area contributed by atoms with Gasteiger partial charge in [-0.3, -0.25) is 4.90 Å². The van der Waals surface area contributed by atoms with E-state index in [0.29, 0.717) is 6.04 Å². The number of nitrogens with zero attached hydrogens (tertiary/aromatic N) is 2. The first-order chi connectivity index (χ1) is 9.49. The Hall–Kier alpha value is -1.10. The molecule has 0 saturated carbocycles. The van der Waals surface area contributed by atoms with Gasteiger partial charge in [-0.1, -0.05) is 17.7 Å². The lowest BCUT2D eigenvalue weighted by molar-refractivity contribution is 0.168. The van der Waals surface area contributed by atoms with Crippen molar-refractivity contribution in [3.8, 4) is 5.75 Å². The Labute approximate surface area is 122 Å². The van der Waals surface area contributed by atoms with Gasteiger partial charge in [0.05, 0.1) is 13.2 Å². The van der Waals surface area contributed by atoms with Crippen molar-refractivity contribution in [2.24, 2.45) is 0 Å². The van der Waals surface area contributed by atoms with Gasteiger partial charge in [0.15, 0.2) is 0 Å². The van der Waals surface area contributed by atoms with E-state index in [1.165, 1.54) is 11.1 Å². The third-order valence-corrected chi connectivity index (χ3v) is 3.89. The summed E-state index contributed by atoms with van der Waals surface area (Å²) in [5.41, 5.74) is 2.44. The molecule has 1 N–H and O–H groups in total. The summed E-state index contributed by atoms with van der Waals surface area (Å²) >= 11 is 0. The average Bonchev–Trinajstić information content (AvgIpc) is 2.69. The molecule has 0 amide bonds. The number of aryl methyl sites for hydroxylation is 1. The van der Waals surface area contributed by atoms with Gasteiger partial charge in [-0.2, -0.15) is 0 Å². The highest BCUT2D eigenvalue weighted by Gasteiger charge is 2.31. The molecule has 0 bridgehead atoms. The summed E-state index contributed by atoms with van der Waals surface area (Å²) in [7, 11) is 5.87. The largest absolute Gasteiger partial charge is 0.496 e. The predicted octanol–water partition coefficient (Wildman–Crippen LogP) is 1.50. The van der Waals surface area contributed by atoms with Crippen LogP contribution in [0.25, 0.3) is 0 Å². The minimum atomic E-state index is -0.212. The van der Waals surface area contributed by atoms with Gasteiger partial charge in [-0.25, -0.2) is 0 Å². The third kappa shape index (κ3) is 3.72. The maximum absolute atomic E-state index is 9.95. The van der Waals surface area contributed by atoms with Gasteiger partial charge in [-0.15, -0.1) is 0 Å². The molecule has 0 radical (unpaired) electrons. The summed E-state index contributed by atoms with van der Waals surface area (Å²) in [5, 5.41) is 9.95. The smallest absolute Gasteiger partial charge is 0.123 e. The molecule has 1 aliphatic heterocycles. The van der Waals surface area contributed by atoms with E-state index in [2.05, 4.69) is 43.0 Å². The van der Waals surface area contributed by atoms with Gasteiger partial charge in [0.2, 0.25) is 0 Å². The van der Waals surface area contributed by atoms with Crippen molar-refractivity contribution in [2.45, 2.75) is 32.0 Å². The standard InChI is InChI=1S/C16H26N2O2/c1-12-5-6-16(20-4)13(7-12)9-18-11-15(19)8-14(18)10-17(2)3/h5-7,14-15,19H,8-11H2,1-4H3. The fraction of sp³-hybridized carbons (Fsp3) is 0.625. The van der Waals surface area contributed by atoms with Gasteiger partial charge in [-0.05, 0) is 33.5 Å². The Morgan fingerprint density at radius 2 is 2.15 bits per heavy atom. The zero-order chi connectivity index (χ0) is 14.7. The van der Waals surface area contributed by atoms with E-state index < -0.39 is 0 Å². The maximum Gasteiger partial charge on any atom is 0.123 e. The summed E-state index contributed by atoms with van der Waals surface area (Å²) in [4.78, 5) is 4.55. The lowest BCUT2D eigenvalue weighted by atomic mass is 10.1. The molecule has 0 aliphatic carbocycles. The van der Waals surface area contributed by atoms with E-state index in [9.17, 15) is 5.11 Å². The summed E-state index contributed by atoms with van der Waals surface area (Å²) in [6.45, 7) is 4.65. The minimum Gasteiger partial charge on any atom is -0.496 e. The number of aliphatic hydroxyl groups excluding tert-OH is 1. The number of rotatable bonds is 5. The van der Waals surface area contributed by atoms with Crippen LogP contribution in [0.2, 0.25) is 0 Å². The second-order valence-corrected chi connectivity index (χ2v) is 6.05. The lowest BCUT2D eigenvalue weighted by Gasteiger charge is -2.27. The number of likely N-dealkylation sites (N-methyl/N-ethyl adjacent to an activating group) is 1. The second kappa shape index (κ2) is 6.57. The van der Waals surface area contributed by atoms with Gasteiger partial charge in [0, 0.05) is 31.2 Å². The quantitative estimate of drug-likeness (QED) is 0.885. The van der Waals surface area contributed by atoms with Crippen LogP contribution in [0, 0.1) is 6.92 Å². The normalized spacial score (nSPS) is 23.5. The number of aliphatic hydroxyl groups is 1. The molecule has 0 spiro atoms. The molecule has 1 fully saturated rings. The molecule has 20 heavy (non-hydrogen) atoms. The van der Waals surface area contributed by atoms with Crippen LogP contribution in [0.1, 0.15) is 17.5 Å². The van der Waals surface area contributed by atoms with E-state index in [1.807, 2.05) is 6.07 Å². The van der Waals surface area contributed by atoms with E-state index in [4.69, 9.17) is 4.74 Å². The number of ether oxygens (including phenoxy) is 1. The first-order valence-corrected chi connectivity index (χ1v) is 7.20. The zero-order valence-electron chi connectivity index (χ0n) is 13.0. The highest BCUT2D eigenvalue weighted by Crippen LogP contribution is 2.26. The molecular formula is C16H26N2O2. The Morgan fingerprint density at radius 1 is 1.40 bits per heavy atom. The van der Waals surface area contributed by atoms with Crippen LogP contribution in [-0.2, 0) is 6.54 Å². The van der Waals surface area contributed by atoms with Crippen LogP contribution >= 0.6 is 0 Å². The van der Waals surface area contributed by atoms with Crippen LogP contribution in [0.15, 0.2) is 18.2 Å². The van der Waals surface area contributed by atoms with E-state index in [1.54, 1.807) is 7.11 Å². The molecule has 1 aromatic rings. The molecule has 1 aliphatic rings. The minimum absolute atomic E-state index is 0.212. The molecule has 1 aromatic carbocycles. The molecule has 4 heteroatoms. The Morgan fingerprint density at radius 3 is 2.80 bits per heavy atom. The second-order valence-electron chi connectivity index (χ2n) is 6.05. The number of benzene rings is 1. The van der Waals surface area contributed by atoms with Crippen molar-refractivity contribution in [3.63, 3.8) is 0 Å². The first kappa shape index (κ1) is 15.3. The number of β-amino-alcohol motifs (C(OH)–C–C–N with tert-alkyl or cyclic N) is 1. The number of likely N-dealkylation sites (tertiary alicyclic amines) is 1. The number of hydrogen-bond donors (Lipinski definition) is 1. The molecule has 2 atom stereocenters. The van der Waals surface area contributed by atoms with Crippen molar-refractivity contribution in [1.82, 2.24) is 9.80 Å². The number of hydrogen-bond acceptors (Lipinski definition) is 4. The predicted molar refractivity (Wildman–Crippen MR) is 81.1 cm³/mol. The van der Waals surface area contributed by atoms with Crippen LogP contribution in [-0.4, -0.2) is 61.3 Å². The van der Waals surface area contributed by atoms with Crippen LogP contribution in [0.5, 0.6) is 5.75 Å². The topological polar surface area (TPSA) is 35.9 Å². The Kier molecular flexibility index (Phi) is 5.02. The Balaban J connectivity index is 2.13. The zero-order valence-corrected chi connectivity index (χ0v) is 13.0. The maximum atomic E-state index is 9.95. The fourth-order valence-corrected chi connectivity index (χ4v) is 3.01. The molecule has 112 valence electrons. The van der Waals surface area contributed by atoms with Crippen molar-refractivity contribution in [1.29, 1.82) is 0 Å². The summed E-state index contributed by atoms with van der Waals surface area (Å²) in [6.07, 6.45) is 0.641. The fourth-order valence-electron chi connectivity index (χ4n) is 3.01. The summed E-state index contributed by atoms with van der Waals surface area (Å²) in [6, 6.07) is 6.68. The van der Waals surface area contributed by atoms with Gasteiger partial charge < -0.3 is 14.7 Å². The van der Waals surface area contributed by atoms with E-state index in [-0.39, 0.29) is 6.10 Å². The molecular weight excluding hydrogens is 252 g/mol. The molecule has 2 rings (SSSR count). The highest BCUT2D eigenvalue weighted by molar-refractivity contribution is 5.36. The summed E-state index contributed by atoms with van der Waals surface area (Å²) in [5.74, 6) is 0.931. The molecule has 1 heterocycles. The highest BCUT2D eigenvalue weighted by atomic mass is 16.5.